The highest BCUT2D eigenvalue weighted by Gasteiger charge is 2.05. The highest BCUT2D eigenvalue weighted by Crippen LogP contribution is 2.22. The molecule has 0 saturated heterocycles. The van der Waals surface area contributed by atoms with E-state index in [9.17, 15) is 4.39 Å². The Hall–Kier alpha value is -2.30. The first kappa shape index (κ1) is 13.1. The van der Waals surface area contributed by atoms with E-state index in [1.807, 2.05) is 12.1 Å². The van der Waals surface area contributed by atoms with Crippen LogP contribution in [0, 0.1) is 5.82 Å². The van der Waals surface area contributed by atoms with E-state index in [4.69, 9.17) is 9.47 Å². The third-order valence-electron chi connectivity index (χ3n) is 2.68. The molecule has 19 heavy (non-hydrogen) atoms. The maximum absolute atomic E-state index is 13.5. The highest BCUT2D eigenvalue weighted by molar-refractivity contribution is 5.48. The summed E-state index contributed by atoms with van der Waals surface area (Å²) >= 11 is 0. The fourth-order valence-electron chi connectivity index (χ4n) is 1.72. The van der Waals surface area contributed by atoms with Gasteiger partial charge in [0.15, 0.2) is 11.6 Å². The molecule has 2 aromatic rings. The smallest absolute Gasteiger partial charge is 0.218 e. The van der Waals surface area contributed by atoms with Gasteiger partial charge in [-0.1, -0.05) is 6.07 Å². The number of nitrogens with one attached hydrogen (secondary N) is 1. The average Bonchev–Trinajstić information content (AvgIpc) is 2.45. The van der Waals surface area contributed by atoms with Crippen LogP contribution < -0.4 is 14.8 Å². The van der Waals surface area contributed by atoms with Crippen LogP contribution in [0.4, 0.5) is 10.1 Å². The summed E-state index contributed by atoms with van der Waals surface area (Å²) in [5.41, 5.74) is 1.57. The molecule has 0 saturated carbocycles. The van der Waals surface area contributed by atoms with Gasteiger partial charge in [0.2, 0.25) is 5.88 Å². The molecule has 1 aromatic carbocycles. The van der Waals surface area contributed by atoms with Gasteiger partial charge in [-0.3, -0.25) is 0 Å². The number of halogens is 1. The van der Waals surface area contributed by atoms with Crippen LogP contribution in [-0.4, -0.2) is 19.2 Å². The van der Waals surface area contributed by atoms with Crippen molar-refractivity contribution in [1.82, 2.24) is 4.98 Å². The molecule has 0 aliphatic carbocycles. The monoisotopic (exact) mass is 262 g/mol. The maximum atomic E-state index is 13.5. The van der Waals surface area contributed by atoms with Crippen molar-refractivity contribution in [3.8, 4) is 11.6 Å². The Balaban J connectivity index is 2.08. The predicted octanol–water partition coefficient (Wildman–Crippen LogP) is 2.85. The van der Waals surface area contributed by atoms with Gasteiger partial charge in [0.25, 0.3) is 0 Å². The molecule has 0 aliphatic heterocycles. The largest absolute Gasteiger partial charge is 0.494 e. The van der Waals surface area contributed by atoms with Crippen molar-refractivity contribution >= 4 is 5.69 Å². The number of hydrogen-bond donors (Lipinski definition) is 1. The van der Waals surface area contributed by atoms with Crippen molar-refractivity contribution in [2.45, 2.75) is 6.54 Å². The predicted molar refractivity (Wildman–Crippen MR) is 71.1 cm³/mol. The number of methoxy groups -OCH3 is 2. The van der Waals surface area contributed by atoms with Crippen LogP contribution in [0.5, 0.6) is 11.6 Å². The van der Waals surface area contributed by atoms with E-state index in [-0.39, 0.29) is 5.75 Å². The van der Waals surface area contributed by atoms with Gasteiger partial charge in [-0.25, -0.2) is 9.37 Å². The minimum Gasteiger partial charge on any atom is -0.494 e. The Kier molecular flexibility index (Phi) is 4.18. The molecule has 2 rings (SSSR count). The quantitative estimate of drug-likeness (QED) is 0.899. The number of nitrogens with zero attached hydrogens (tertiary/aromatic N) is 1. The molecular weight excluding hydrogens is 247 g/mol. The van der Waals surface area contributed by atoms with E-state index in [0.717, 1.165) is 5.56 Å². The Morgan fingerprint density at radius 2 is 2.05 bits per heavy atom. The maximum Gasteiger partial charge on any atom is 0.218 e. The van der Waals surface area contributed by atoms with Gasteiger partial charge in [0.05, 0.1) is 14.2 Å². The van der Waals surface area contributed by atoms with Crippen LogP contribution in [-0.2, 0) is 6.54 Å². The van der Waals surface area contributed by atoms with E-state index in [0.29, 0.717) is 18.1 Å². The molecule has 0 radical (unpaired) electrons. The number of aromatic nitrogens is 1. The highest BCUT2D eigenvalue weighted by atomic mass is 19.1. The van der Waals surface area contributed by atoms with Gasteiger partial charge < -0.3 is 14.8 Å². The fourth-order valence-corrected chi connectivity index (χ4v) is 1.72. The molecule has 0 bridgehead atoms. The van der Waals surface area contributed by atoms with Crippen LogP contribution in [0.1, 0.15) is 5.56 Å². The van der Waals surface area contributed by atoms with Crippen LogP contribution in [0.3, 0.4) is 0 Å². The molecular formula is C14H15FN2O2. The summed E-state index contributed by atoms with van der Waals surface area (Å²) in [4.78, 5) is 4.10. The van der Waals surface area contributed by atoms with Crippen molar-refractivity contribution in [1.29, 1.82) is 0 Å². The minimum absolute atomic E-state index is 0.226. The number of ether oxygens (including phenoxy) is 2. The van der Waals surface area contributed by atoms with E-state index < -0.39 is 5.82 Å². The van der Waals surface area contributed by atoms with E-state index in [2.05, 4.69) is 10.3 Å². The van der Waals surface area contributed by atoms with E-state index in [1.54, 1.807) is 25.4 Å². The summed E-state index contributed by atoms with van der Waals surface area (Å²) in [5, 5.41) is 3.11. The molecule has 4 nitrogen and oxygen atoms in total. The molecule has 0 atom stereocenters. The summed E-state index contributed by atoms with van der Waals surface area (Å²) in [7, 11) is 3.00. The first-order chi connectivity index (χ1) is 9.24. The van der Waals surface area contributed by atoms with Crippen molar-refractivity contribution in [2.24, 2.45) is 0 Å². The van der Waals surface area contributed by atoms with Gasteiger partial charge >= 0.3 is 0 Å². The second kappa shape index (κ2) is 6.04. The molecule has 0 unspecified atom stereocenters. The van der Waals surface area contributed by atoms with Crippen LogP contribution in [0.2, 0.25) is 0 Å². The third-order valence-corrected chi connectivity index (χ3v) is 2.68. The molecule has 1 aromatic heterocycles. The van der Waals surface area contributed by atoms with Crippen molar-refractivity contribution < 1.29 is 13.9 Å². The van der Waals surface area contributed by atoms with Gasteiger partial charge in [-0.2, -0.15) is 0 Å². The Morgan fingerprint density at radius 3 is 2.74 bits per heavy atom. The number of benzene rings is 1. The van der Waals surface area contributed by atoms with Gasteiger partial charge in [0.1, 0.15) is 0 Å². The van der Waals surface area contributed by atoms with Gasteiger partial charge in [-0.15, -0.1) is 0 Å². The Labute approximate surface area is 111 Å². The first-order valence-electron chi connectivity index (χ1n) is 5.80. The van der Waals surface area contributed by atoms with E-state index >= 15 is 0 Å². The number of rotatable bonds is 5. The molecule has 1 heterocycles. The Bertz CT molecular complexity index is 561. The lowest BCUT2D eigenvalue weighted by Gasteiger charge is -2.10. The van der Waals surface area contributed by atoms with Gasteiger partial charge in [-0.05, 0) is 18.2 Å². The zero-order chi connectivity index (χ0) is 13.7. The lowest BCUT2D eigenvalue weighted by Crippen LogP contribution is -2.03. The van der Waals surface area contributed by atoms with Crippen molar-refractivity contribution in [3.63, 3.8) is 0 Å². The second-order valence-corrected chi connectivity index (χ2v) is 3.87. The SMILES string of the molecule is COc1ccc(NCc2cccnc2OC)cc1F. The Morgan fingerprint density at radius 1 is 1.21 bits per heavy atom. The topological polar surface area (TPSA) is 43.4 Å². The molecule has 100 valence electrons. The van der Waals surface area contributed by atoms with Crippen LogP contribution in [0.25, 0.3) is 0 Å². The standard InChI is InChI=1S/C14H15FN2O2/c1-18-13-6-5-11(8-12(13)15)17-9-10-4-3-7-16-14(10)19-2/h3-8,17H,9H2,1-2H3. The lowest BCUT2D eigenvalue weighted by atomic mass is 10.2. The molecule has 0 fully saturated rings. The zero-order valence-corrected chi connectivity index (χ0v) is 10.8. The van der Waals surface area contributed by atoms with Crippen LogP contribution in [0.15, 0.2) is 36.5 Å². The van der Waals surface area contributed by atoms with Crippen molar-refractivity contribution in [3.05, 3.63) is 47.9 Å². The second-order valence-electron chi connectivity index (χ2n) is 3.87. The molecule has 5 heteroatoms. The number of anilines is 1. The fraction of sp³-hybridized carbons (Fsp3) is 0.214. The summed E-state index contributed by atoms with van der Waals surface area (Å²) in [5.74, 6) is 0.388. The average molecular weight is 262 g/mol. The summed E-state index contributed by atoms with van der Waals surface area (Å²) in [6.45, 7) is 0.503. The molecule has 0 spiro atoms. The molecule has 0 amide bonds. The van der Waals surface area contributed by atoms with Gasteiger partial charge in [0, 0.05) is 30.1 Å². The first-order valence-corrected chi connectivity index (χ1v) is 5.80. The minimum atomic E-state index is -0.398. The zero-order valence-electron chi connectivity index (χ0n) is 10.8. The van der Waals surface area contributed by atoms with Crippen LogP contribution >= 0.6 is 0 Å². The summed E-state index contributed by atoms with van der Waals surface area (Å²) < 4.78 is 23.5. The summed E-state index contributed by atoms with van der Waals surface area (Å²) in [6, 6.07) is 8.46. The molecule has 0 aliphatic rings. The third kappa shape index (κ3) is 3.13. The van der Waals surface area contributed by atoms with Crippen molar-refractivity contribution in [2.75, 3.05) is 19.5 Å². The van der Waals surface area contributed by atoms with E-state index in [1.165, 1.54) is 13.2 Å². The summed E-state index contributed by atoms with van der Waals surface area (Å²) in [6.07, 6.45) is 1.66. The normalized spacial score (nSPS) is 10.1. The molecule has 1 N–H and O–H groups in total. The lowest BCUT2D eigenvalue weighted by molar-refractivity contribution is 0.386. The number of pyridine rings is 1. The number of hydrogen-bond acceptors (Lipinski definition) is 4.